The average Bonchev–Trinajstić information content (AvgIpc) is 2.97. The fourth-order valence-corrected chi connectivity index (χ4v) is 4.32. The number of hydrogen-bond donors (Lipinski definition) is 4. The van der Waals surface area contributed by atoms with Crippen LogP contribution in [0.25, 0.3) is 0 Å². The third kappa shape index (κ3) is 12.7. The number of benzene rings is 2. The predicted molar refractivity (Wildman–Crippen MR) is 158 cm³/mol. The van der Waals surface area contributed by atoms with Gasteiger partial charge in [0, 0.05) is 27.3 Å². The summed E-state index contributed by atoms with van der Waals surface area (Å²) in [7, 11) is 3.31. The summed E-state index contributed by atoms with van der Waals surface area (Å²) < 4.78 is 21.1. The monoisotopic (exact) mass is 600 g/mol. The third-order valence-electron chi connectivity index (χ3n) is 6.49. The molecule has 0 spiro atoms. The number of methoxy groups -OCH3 is 2. The zero-order valence-corrected chi connectivity index (χ0v) is 24.6. The maximum atomic E-state index is 11.7. The minimum absolute atomic E-state index is 0. The van der Waals surface area contributed by atoms with Gasteiger partial charge in [0.2, 0.25) is 0 Å². The molecule has 40 heavy (non-hydrogen) atoms. The first kappa shape index (κ1) is 35.4. The lowest BCUT2D eigenvalue weighted by atomic mass is 10.0. The molecule has 0 unspecified atom stereocenters. The Balaban J connectivity index is 0.000000381. The van der Waals surface area contributed by atoms with Crippen molar-refractivity contribution in [1.29, 1.82) is 0 Å². The highest BCUT2D eigenvalue weighted by molar-refractivity contribution is 5.85. The molecule has 2 aliphatic rings. The summed E-state index contributed by atoms with van der Waals surface area (Å²) >= 11 is 0. The molecule has 4 rings (SSSR count). The van der Waals surface area contributed by atoms with E-state index in [9.17, 15) is 9.59 Å². The molecule has 4 atom stereocenters. The Morgan fingerprint density at radius 3 is 1.43 bits per heavy atom. The van der Waals surface area contributed by atoms with E-state index in [1.165, 1.54) is 0 Å². The molecule has 2 saturated heterocycles. The van der Waals surface area contributed by atoms with Crippen molar-refractivity contribution >= 4 is 37.0 Å². The molecule has 12 heteroatoms. The normalized spacial score (nSPS) is 21.6. The van der Waals surface area contributed by atoms with Gasteiger partial charge in [-0.1, -0.05) is 60.7 Å². The number of piperidine rings is 2. The van der Waals surface area contributed by atoms with Gasteiger partial charge >= 0.3 is 12.2 Å². The number of alkyl carbamates (subject to hydrolysis) is 2. The van der Waals surface area contributed by atoms with Crippen LogP contribution in [0.15, 0.2) is 60.7 Å². The van der Waals surface area contributed by atoms with E-state index in [2.05, 4.69) is 21.3 Å². The highest BCUT2D eigenvalue weighted by Crippen LogP contribution is 2.09. The summed E-state index contributed by atoms with van der Waals surface area (Å²) in [6.45, 7) is 3.83. The van der Waals surface area contributed by atoms with Gasteiger partial charge in [0.25, 0.3) is 0 Å². The van der Waals surface area contributed by atoms with Gasteiger partial charge in [-0.2, -0.15) is 0 Å². The summed E-state index contributed by atoms with van der Waals surface area (Å²) in [5, 5.41) is 12.2. The fraction of sp³-hybridized carbons (Fsp3) is 0.500. The smallest absolute Gasteiger partial charge is 0.407 e. The summed E-state index contributed by atoms with van der Waals surface area (Å²) in [4.78, 5) is 23.5. The largest absolute Gasteiger partial charge is 0.445 e. The first-order valence-corrected chi connectivity index (χ1v) is 13.0. The van der Waals surface area contributed by atoms with Crippen LogP contribution in [-0.4, -0.2) is 76.9 Å². The Bertz CT molecular complexity index is 883. The quantitative estimate of drug-likeness (QED) is 0.364. The van der Waals surface area contributed by atoms with Gasteiger partial charge in [-0.15, -0.1) is 24.8 Å². The van der Waals surface area contributed by atoms with Crippen molar-refractivity contribution in [3.8, 4) is 0 Å². The molecular formula is C28H42Cl2N4O6. The molecule has 0 saturated carbocycles. The molecule has 10 nitrogen and oxygen atoms in total. The third-order valence-corrected chi connectivity index (χ3v) is 6.49. The lowest BCUT2D eigenvalue weighted by molar-refractivity contribution is 0.0473. The van der Waals surface area contributed by atoms with Crippen molar-refractivity contribution in [2.45, 2.75) is 50.3 Å². The van der Waals surface area contributed by atoms with E-state index in [4.69, 9.17) is 18.9 Å². The van der Waals surface area contributed by atoms with E-state index in [-0.39, 0.29) is 62.3 Å². The molecule has 2 aliphatic heterocycles. The van der Waals surface area contributed by atoms with Gasteiger partial charge in [0.1, 0.15) is 13.2 Å². The van der Waals surface area contributed by atoms with Crippen molar-refractivity contribution in [3.05, 3.63) is 71.8 Å². The van der Waals surface area contributed by atoms with Crippen LogP contribution >= 0.6 is 24.8 Å². The molecule has 4 N–H and O–H groups in total. The Morgan fingerprint density at radius 1 is 0.700 bits per heavy atom. The number of hydrogen-bond acceptors (Lipinski definition) is 8. The zero-order valence-electron chi connectivity index (χ0n) is 23.0. The van der Waals surface area contributed by atoms with Gasteiger partial charge in [0.15, 0.2) is 0 Å². The first-order valence-electron chi connectivity index (χ1n) is 13.0. The van der Waals surface area contributed by atoms with Crippen LogP contribution in [0, 0.1) is 0 Å². The van der Waals surface area contributed by atoms with E-state index in [0.717, 1.165) is 50.1 Å². The molecular weight excluding hydrogens is 559 g/mol. The van der Waals surface area contributed by atoms with E-state index in [1.54, 1.807) is 14.2 Å². The van der Waals surface area contributed by atoms with Gasteiger partial charge in [-0.05, 0) is 37.1 Å². The van der Waals surface area contributed by atoms with Crippen molar-refractivity contribution < 1.29 is 28.5 Å². The topological polar surface area (TPSA) is 119 Å². The number of carbonyl (C=O) groups excluding carboxylic acids is 2. The van der Waals surface area contributed by atoms with Crippen LogP contribution in [0.5, 0.6) is 0 Å². The van der Waals surface area contributed by atoms with E-state index in [0.29, 0.717) is 0 Å². The van der Waals surface area contributed by atoms with Gasteiger partial charge in [-0.25, -0.2) is 9.59 Å². The van der Waals surface area contributed by atoms with Crippen molar-refractivity contribution in [3.63, 3.8) is 0 Å². The van der Waals surface area contributed by atoms with Gasteiger partial charge < -0.3 is 40.2 Å². The van der Waals surface area contributed by atoms with Gasteiger partial charge in [0.05, 0.1) is 24.3 Å². The SMILES string of the molecule is CO[C@@H]1CNCC[C@@H]1NC(=O)OCc1ccccc1.CO[C@H]1CNCC[C@H]1NC(=O)OCc1ccccc1.Cl.Cl. The van der Waals surface area contributed by atoms with Crippen LogP contribution in [0.1, 0.15) is 24.0 Å². The highest BCUT2D eigenvalue weighted by Gasteiger charge is 2.27. The van der Waals surface area contributed by atoms with Crippen molar-refractivity contribution in [2.24, 2.45) is 0 Å². The summed E-state index contributed by atoms with van der Waals surface area (Å²) in [6.07, 6.45) is 0.907. The van der Waals surface area contributed by atoms with E-state index in [1.807, 2.05) is 60.7 Å². The molecule has 2 fully saturated rings. The second kappa shape index (κ2) is 20.3. The number of ether oxygens (including phenoxy) is 4. The lowest BCUT2D eigenvalue weighted by Crippen LogP contribution is -2.53. The maximum absolute atomic E-state index is 11.7. The van der Waals surface area contributed by atoms with Crippen LogP contribution in [0.3, 0.4) is 0 Å². The van der Waals surface area contributed by atoms with E-state index < -0.39 is 12.2 Å². The number of nitrogens with one attached hydrogen (secondary N) is 4. The van der Waals surface area contributed by atoms with E-state index >= 15 is 0 Å². The zero-order chi connectivity index (χ0) is 27.0. The van der Waals surface area contributed by atoms with Crippen LogP contribution < -0.4 is 21.3 Å². The highest BCUT2D eigenvalue weighted by atomic mass is 35.5. The Morgan fingerprint density at radius 2 is 1.07 bits per heavy atom. The molecule has 2 amide bonds. The maximum Gasteiger partial charge on any atom is 0.407 e. The molecule has 2 aromatic rings. The lowest BCUT2D eigenvalue weighted by Gasteiger charge is -2.31. The van der Waals surface area contributed by atoms with Crippen LogP contribution in [0.4, 0.5) is 9.59 Å². The fourth-order valence-electron chi connectivity index (χ4n) is 4.32. The Hall–Kier alpha value is -2.60. The van der Waals surface area contributed by atoms with Crippen molar-refractivity contribution in [2.75, 3.05) is 40.4 Å². The molecule has 0 radical (unpaired) electrons. The predicted octanol–water partition coefficient (Wildman–Crippen LogP) is 3.42. The molecule has 0 aromatic heterocycles. The number of amides is 2. The first-order chi connectivity index (χ1) is 18.6. The summed E-state index contributed by atoms with van der Waals surface area (Å²) in [6, 6.07) is 19.3. The van der Waals surface area contributed by atoms with Crippen LogP contribution in [-0.2, 0) is 32.2 Å². The summed E-state index contributed by atoms with van der Waals surface area (Å²) in [5.74, 6) is 0. The minimum atomic E-state index is -0.391. The molecule has 0 aliphatic carbocycles. The van der Waals surface area contributed by atoms with Crippen molar-refractivity contribution in [1.82, 2.24) is 21.3 Å². The molecule has 2 aromatic carbocycles. The Kier molecular flexibility index (Phi) is 18.0. The average molecular weight is 602 g/mol. The second-order valence-corrected chi connectivity index (χ2v) is 9.16. The van der Waals surface area contributed by atoms with Crippen LogP contribution in [0.2, 0.25) is 0 Å². The Labute approximate surface area is 249 Å². The molecule has 224 valence electrons. The molecule has 2 heterocycles. The summed E-state index contributed by atoms with van der Waals surface area (Å²) in [5.41, 5.74) is 1.96. The number of carbonyl (C=O) groups is 2. The second-order valence-electron chi connectivity index (χ2n) is 9.16. The number of halogens is 2. The van der Waals surface area contributed by atoms with Gasteiger partial charge in [-0.3, -0.25) is 0 Å². The standard InChI is InChI=1S/2C14H20N2O3.2ClH/c2*1-18-13-9-15-8-7-12(13)16-14(17)19-10-11-5-3-2-4-6-11;;/h2*2-6,12-13,15H,7-10H2,1H3,(H,16,17);2*1H/t2*12-,13+;;/m10../s1. The minimum Gasteiger partial charge on any atom is -0.445 e. The molecule has 0 bridgehead atoms. The number of rotatable bonds is 8.